The third-order valence-corrected chi connectivity index (χ3v) is 2.22. The van der Waals surface area contributed by atoms with Crippen molar-refractivity contribution in [2.24, 2.45) is 0 Å². The lowest BCUT2D eigenvalue weighted by molar-refractivity contribution is -0.115. The molecule has 1 amide bonds. The van der Waals surface area contributed by atoms with Crippen LogP contribution in [0.4, 0.5) is 5.69 Å². The second-order valence-electron chi connectivity index (χ2n) is 4.10. The number of carbonyl (C=O) groups is 1. The second-order valence-corrected chi connectivity index (χ2v) is 4.10. The Morgan fingerprint density at radius 2 is 1.81 bits per heavy atom. The van der Waals surface area contributed by atoms with Gasteiger partial charge in [-0.1, -0.05) is 13.0 Å². The lowest BCUT2D eigenvalue weighted by atomic mass is 10.1. The first kappa shape index (κ1) is 12.7. The summed E-state index contributed by atoms with van der Waals surface area (Å²) in [5, 5.41) is 5.95. The summed E-state index contributed by atoms with van der Waals surface area (Å²) in [6.07, 6.45) is 1.04. The first-order valence-electron chi connectivity index (χ1n) is 5.70. The van der Waals surface area contributed by atoms with Crippen molar-refractivity contribution >= 4 is 11.6 Å². The number of benzene rings is 1. The van der Waals surface area contributed by atoms with Crippen molar-refractivity contribution in [1.82, 2.24) is 5.32 Å². The van der Waals surface area contributed by atoms with E-state index >= 15 is 0 Å². The molecule has 88 valence electrons. The molecule has 0 bridgehead atoms. The van der Waals surface area contributed by atoms with Gasteiger partial charge < -0.3 is 10.6 Å². The fourth-order valence-electron chi connectivity index (χ4n) is 1.63. The molecule has 0 saturated heterocycles. The fraction of sp³-hybridized carbons (Fsp3) is 0.462. The third kappa shape index (κ3) is 4.45. The van der Waals surface area contributed by atoms with E-state index in [1.165, 1.54) is 0 Å². The Morgan fingerprint density at radius 3 is 2.38 bits per heavy atom. The summed E-state index contributed by atoms with van der Waals surface area (Å²) in [6, 6.07) is 6.04. The third-order valence-electron chi connectivity index (χ3n) is 2.22. The number of carbonyl (C=O) groups excluding carboxylic acids is 1. The molecule has 0 fully saturated rings. The van der Waals surface area contributed by atoms with Crippen LogP contribution >= 0.6 is 0 Å². The Balaban J connectivity index is 2.49. The molecule has 16 heavy (non-hydrogen) atoms. The van der Waals surface area contributed by atoms with Crippen molar-refractivity contribution in [2.45, 2.75) is 27.2 Å². The molecule has 3 heteroatoms. The predicted molar refractivity (Wildman–Crippen MR) is 67.7 cm³/mol. The van der Waals surface area contributed by atoms with Crippen molar-refractivity contribution in [3.8, 4) is 0 Å². The summed E-state index contributed by atoms with van der Waals surface area (Å²) in [7, 11) is 0. The van der Waals surface area contributed by atoms with Gasteiger partial charge in [0, 0.05) is 5.69 Å². The van der Waals surface area contributed by atoms with Crippen LogP contribution in [0.25, 0.3) is 0 Å². The highest BCUT2D eigenvalue weighted by atomic mass is 16.1. The number of anilines is 1. The first-order valence-corrected chi connectivity index (χ1v) is 5.70. The summed E-state index contributed by atoms with van der Waals surface area (Å²) < 4.78 is 0. The molecule has 0 aliphatic rings. The van der Waals surface area contributed by atoms with Gasteiger partial charge in [-0.2, -0.15) is 0 Å². The smallest absolute Gasteiger partial charge is 0.238 e. The van der Waals surface area contributed by atoms with E-state index in [0.29, 0.717) is 6.54 Å². The van der Waals surface area contributed by atoms with E-state index in [2.05, 4.69) is 23.6 Å². The average Bonchev–Trinajstić information content (AvgIpc) is 2.16. The monoisotopic (exact) mass is 220 g/mol. The predicted octanol–water partition coefficient (Wildman–Crippen LogP) is 2.24. The molecule has 3 nitrogen and oxygen atoms in total. The fourth-order valence-corrected chi connectivity index (χ4v) is 1.63. The van der Waals surface area contributed by atoms with Crippen LogP contribution in [0.1, 0.15) is 24.5 Å². The van der Waals surface area contributed by atoms with Gasteiger partial charge in [-0.15, -0.1) is 0 Å². The van der Waals surface area contributed by atoms with Gasteiger partial charge in [0.05, 0.1) is 6.54 Å². The quantitative estimate of drug-likeness (QED) is 0.747. The molecule has 1 rings (SSSR count). The van der Waals surface area contributed by atoms with Crippen LogP contribution in [0, 0.1) is 13.8 Å². The van der Waals surface area contributed by atoms with E-state index in [4.69, 9.17) is 0 Å². The van der Waals surface area contributed by atoms with Gasteiger partial charge in [0.25, 0.3) is 0 Å². The maximum Gasteiger partial charge on any atom is 0.238 e. The highest BCUT2D eigenvalue weighted by Crippen LogP contribution is 2.13. The largest absolute Gasteiger partial charge is 0.325 e. The molecular formula is C13H20N2O. The van der Waals surface area contributed by atoms with E-state index in [1.54, 1.807) is 0 Å². The maximum absolute atomic E-state index is 11.5. The van der Waals surface area contributed by atoms with Crippen LogP contribution in [0.5, 0.6) is 0 Å². The van der Waals surface area contributed by atoms with E-state index in [9.17, 15) is 4.79 Å². The molecule has 0 spiro atoms. The lowest BCUT2D eigenvalue weighted by Crippen LogP contribution is -2.28. The average molecular weight is 220 g/mol. The second kappa shape index (κ2) is 6.28. The van der Waals surface area contributed by atoms with Crippen LogP contribution in [0.15, 0.2) is 18.2 Å². The number of rotatable bonds is 5. The number of amides is 1. The van der Waals surface area contributed by atoms with E-state index < -0.39 is 0 Å². The molecule has 2 N–H and O–H groups in total. The molecular weight excluding hydrogens is 200 g/mol. The van der Waals surface area contributed by atoms with Crippen LogP contribution < -0.4 is 10.6 Å². The van der Waals surface area contributed by atoms with Crippen LogP contribution in [-0.2, 0) is 4.79 Å². The summed E-state index contributed by atoms with van der Waals surface area (Å²) >= 11 is 0. The van der Waals surface area contributed by atoms with Crippen molar-refractivity contribution in [1.29, 1.82) is 0 Å². The Morgan fingerprint density at radius 1 is 1.19 bits per heavy atom. The molecule has 0 radical (unpaired) electrons. The number of hydrogen-bond acceptors (Lipinski definition) is 2. The van der Waals surface area contributed by atoms with E-state index in [1.807, 2.05) is 26.0 Å². The summed E-state index contributed by atoms with van der Waals surface area (Å²) in [6.45, 7) is 7.38. The zero-order valence-corrected chi connectivity index (χ0v) is 10.3. The molecule has 0 aromatic heterocycles. The van der Waals surface area contributed by atoms with Gasteiger partial charge in [0.15, 0.2) is 0 Å². The van der Waals surface area contributed by atoms with E-state index in [-0.39, 0.29) is 5.91 Å². The minimum Gasteiger partial charge on any atom is -0.325 e. The summed E-state index contributed by atoms with van der Waals surface area (Å²) in [5.74, 6) is 0.0125. The number of hydrogen-bond donors (Lipinski definition) is 2. The standard InChI is InChI=1S/C13H20N2O/c1-4-5-14-9-13(16)15-12-7-10(2)6-11(3)8-12/h6-8,14H,4-5,9H2,1-3H3,(H,15,16). The molecule has 1 aromatic rings. The Labute approximate surface area is 97.2 Å². The SMILES string of the molecule is CCCNCC(=O)Nc1cc(C)cc(C)c1. The highest BCUT2D eigenvalue weighted by Gasteiger charge is 2.02. The van der Waals surface area contributed by atoms with Crippen LogP contribution in [0.2, 0.25) is 0 Å². The lowest BCUT2D eigenvalue weighted by Gasteiger charge is -2.08. The Bertz CT molecular complexity index is 341. The molecule has 1 aromatic carbocycles. The minimum atomic E-state index is 0.0125. The molecule has 0 unspecified atom stereocenters. The van der Waals surface area contributed by atoms with E-state index in [0.717, 1.165) is 29.8 Å². The normalized spacial score (nSPS) is 10.2. The molecule has 0 atom stereocenters. The maximum atomic E-state index is 11.5. The number of aryl methyl sites for hydroxylation is 2. The van der Waals surface area contributed by atoms with Gasteiger partial charge in [-0.05, 0) is 50.1 Å². The Kier molecular flexibility index (Phi) is 4.99. The highest BCUT2D eigenvalue weighted by molar-refractivity contribution is 5.92. The van der Waals surface area contributed by atoms with Gasteiger partial charge in [0.2, 0.25) is 5.91 Å². The molecule has 0 saturated carbocycles. The molecule has 0 aliphatic carbocycles. The number of nitrogens with one attached hydrogen (secondary N) is 2. The summed E-state index contributed by atoms with van der Waals surface area (Å²) in [5.41, 5.74) is 3.20. The van der Waals surface area contributed by atoms with Crippen molar-refractivity contribution < 1.29 is 4.79 Å². The topological polar surface area (TPSA) is 41.1 Å². The molecule has 0 heterocycles. The van der Waals surface area contributed by atoms with Gasteiger partial charge >= 0.3 is 0 Å². The van der Waals surface area contributed by atoms with Crippen LogP contribution in [-0.4, -0.2) is 19.0 Å². The van der Waals surface area contributed by atoms with Crippen LogP contribution in [0.3, 0.4) is 0 Å². The van der Waals surface area contributed by atoms with Gasteiger partial charge in [0.1, 0.15) is 0 Å². The van der Waals surface area contributed by atoms with Crippen molar-refractivity contribution in [3.05, 3.63) is 29.3 Å². The van der Waals surface area contributed by atoms with Gasteiger partial charge in [-0.3, -0.25) is 4.79 Å². The summed E-state index contributed by atoms with van der Waals surface area (Å²) in [4.78, 5) is 11.5. The van der Waals surface area contributed by atoms with Crippen molar-refractivity contribution in [2.75, 3.05) is 18.4 Å². The zero-order chi connectivity index (χ0) is 12.0. The zero-order valence-electron chi connectivity index (χ0n) is 10.3. The first-order chi connectivity index (χ1) is 7.61. The van der Waals surface area contributed by atoms with Crippen molar-refractivity contribution in [3.63, 3.8) is 0 Å². The minimum absolute atomic E-state index is 0.0125. The van der Waals surface area contributed by atoms with Gasteiger partial charge in [-0.25, -0.2) is 0 Å². The molecule has 0 aliphatic heterocycles. The Hall–Kier alpha value is -1.35.